The summed E-state index contributed by atoms with van der Waals surface area (Å²) < 4.78 is 12.6. The SMILES string of the molecule is CCC1CC(CC)C2C3OC(CC3C(=O)OC3(CC)CCCCC3)C12. The van der Waals surface area contributed by atoms with E-state index in [9.17, 15) is 4.79 Å². The number of hydrogen-bond donors (Lipinski definition) is 0. The molecule has 2 saturated carbocycles. The quantitative estimate of drug-likeness (QED) is 0.647. The van der Waals surface area contributed by atoms with Gasteiger partial charge in [-0.1, -0.05) is 40.0 Å². The number of carbonyl (C=O) groups is 1. The number of esters is 1. The largest absolute Gasteiger partial charge is 0.459 e. The van der Waals surface area contributed by atoms with Gasteiger partial charge in [-0.05, 0) is 68.6 Å². The van der Waals surface area contributed by atoms with Crippen molar-refractivity contribution in [3.05, 3.63) is 0 Å². The third-order valence-corrected chi connectivity index (χ3v) is 8.24. The van der Waals surface area contributed by atoms with Gasteiger partial charge in [-0.3, -0.25) is 4.79 Å². The standard InChI is InChI=1S/C22H36O3/c1-4-14-12-15(5-2)19-18(14)17-13-16(20(19)24-17)21(23)25-22(6-3)10-8-7-9-11-22/h14-20H,4-13H2,1-3H3. The van der Waals surface area contributed by atoms with Gasteiger partial charge in [0, 0.05) is 0 Å². The molecule has 2 heterocycles. The molecule has 2 bridgehead atoms. The summed E-state index contributed by atoms with van der Waals surface area (Å²) in [6.45, 7) is 6.82. The van der Waals surface area contributed by atoms with Gasteiger partial charge in [-0.25, -0.2) is 0 Å². The minimum atomic E-state index is -0.178. The molecule has 2 aliphatic heterocycles. The molecule has 4 fully saturated rings. The Balaban J connectivity index is 1.47. The Labute approximate surface area is 153 Å². The summed E-state index contributed by atoms with van der Waals surface area (Å²) in [5.41, 5.74) is -0.178. The fourth-order valence-corrected chi connectivity index (χ4v) is 6.83. The smallest absolute Gasteiger partial charge is 0.312 e. The van der Waals surface area contributed by atoms with Crippen LogP contribution in [0.2, 0.25) is 0 Å². The van der Waals surface area contributed by atoms with E-state index in [0.717, 1.165) is 37.5 Å². The molecule has 0 amide bonds. The van der Waals surface area contributed by atoms with Crippen molar-refractivity contribution in [3.63, 3.8) is 0 Å². The van der Waals surface area contributed by atoms with Crippen LogP contribution in [0.15, 0.2) is 0 Å². The molecule has 2 saturated heterocycles. The molecule has 142 valence electrons. The van der Waals surface area contributed by atoms with Crippen LogP contribution in [0.1, 0.15) is 85.0 Å². The van der Waals surface area contributed by atoms with Crippen molar-refractivity contribution in [1.29, 1.82) is 0 Å². The molecular formula is C22H36O3. The minimum absolute atomic E-state index is 0.00116. The molecule has 3 nitrogen and oxygen atoms in total. The van der Waals surface area contributed by atoms with Gasteiger partial charge < -0.3 is 9.47 Å². The monoisotopic (exact) mass is 348 g/mol. The highest BCUT2D eigenvalue weighted by molar-refractivity contribution is 5.74. The number of fused-ring (bicyclic) bond motifs is 5. The molecule has 7 unspecified atom stereocenters. The van der Waals surface area contributed by atoms with Crippen LogP contribution in [0.25, 0.3) is 0 Å². The summed E-state index contributed by atoms with van der Waals surface area (Å²) in [5.74, 6) is 2.93. The van der Waals surface area contributed by atoms with Crippen LogP contribution in [-0.2, 0) is 14.3 Å². The maximum Gasteiger partial charge on any atom is 0.312 e. The molecule has 4 rings (SSSR count). The van der Waals surface area contributed by atoms with Crippen LogP contribution < -0.4 is 0 Å². The van der Waals surface area contributed by atoms with Crippen molar-refractivity contribution in [2.75, 3.05) is 0 Å². The van der Waals surface area contributed by atoms with Gasteiger partial charge in [-0.15, -0.1) is 0 Å². The number of hydrogen-bond acceptors (Lipinski definition) is 3. The van der Waals surface area contributed by atoms with Gasteiger partial charge in [0.2, 0.25) is 0 Å². The Morgan fingerprint density at radius 3 is 2.32 bits per heavy atom. The first-order valence-electron chi connectivity index (χ1n) is 11.0. The molecule has 7 atom stereocenters. The third kappa shape index (κ3) is 2.85. The van der Waals surface area contributed by atoms with Crippen molar-refractivity contribution in [2.24, 2.45) is 29.6 Å². The lowest BCUT2D eigenvalue weighted by atomic mass is 9.70. The highest BCUT2D eigenvalue weighted by atomic mass is 16.6. The first-order chi connectivity index (χ1) is 12.1. The first-order valence-corrected chi connectivity index (χ1v) is 11.0. The number of rotatable bonds is 5. The highest BCUT2D eigenvalue weighted by Crippen LogP contribution is 2.60. The van der Waals surface area contributed by atoms with Gasteiger partial charge in [0.15, 0.2) is 0 Å². The van der Waals surface area contributed by atoms with Gasteiger partial charge in [0.1, 0.15) is 5.60 Å². The van der Waals surface area contributed by atoms with Crippen LogP contribution in [0, 0.1) is 29.6 Å². The zero-order valence-corrected chi connectivity index (χ0v) is 16.3. The van der Waals surface area contributed by atoms with E-state index in [4.69, 9.17) is 9.47 Å². The summed E-state index contributed by atoms with van der Waals surface area (Å²) in [5, 5.41) is 0. The Hall–Kier alpha value is -0.570. The maximum atomic E-state index is 13.1. The lowest BCUT2D eigenvalue weighted by molar-refractivity contribution is -0.172. The predicted molar refractivity (Wildman–Crippen MR) is 98.1 cm³/mol. The van der Waals surface area contributed by atoms with E-state index in [1.54, 1.807) is 0 Å². The van der Waals surface area contributed by atoms with Crippen LogP contribution in [0.4, 0.5) is 0 Å². The Morgan fingerprint density at radius 1 is 1.00 bits per heavy atom. The van der Waals surface area contributed by atoms with Crippen molar-refractivity contribution in [3.8, 4) is 0 Å². The fourth-order valence-electron chi connectivity index (χ4n) is 6.83. The molecule has 0 radical (unpaired) electrons. The van der Waals surface area contributed by atoms with Crippen molar-refractivity contribution in [2.45, 2.75) is 103 Å². The second kappa shape index (κ2) is 6.87. The molecule has 25 heavy (non-hydrogen) atoms. The minimum Gasteiger partial charge on any atom is -0.459 e. The number of carbonyl (C=O) groups excluding carboxylic acids is 1. The maximum absolute atomic E-state index is 13.1. The van der Waals surface area contributed by atoms with Crippen LogP contribution >= 0.6 is 0 Å². The molecule has 0 aromatic carbocycles. The average molecular weight is 349 g/mol. The third-order valence-electron chi connectivity index (χ3n) is 8.24. The summed E-state index contributed by atoms with van der Waals surface area (Å²) >= 11 is 0. The summed E-state index contributed by atoms with van der Waals surface area (Å²) in [6, 6.07) is 0. The van der Waals surface area contributed by atoms with Crippen LogP contribution in [0.5, 0.6) is 0 Å². The summed E-state index contributed by atoms with van der Waals surface area (Å²) in [6.07, 6.45) is 12.0. The van der Waals surface area contributed by atoms with Crippen LogP contribution in [-0.4, -0.2) is 23.8 Å². The fraction of sp³-hybridized carbons (Fsp3) is 0.955. The van der Waals surface area contributed by atoms with Gasteiger partial charge >= 0.3 is 5.97 Å². The van der Waals surface area contributed by atoms with Crippen molar-refractivity contribution < 1.29 is 14.3 Å². The lowest BCUT2D eigenvalue weighted by Gasteiger charge is -2.38. The van der Waals surface area contributed by atoms with E-state index >= 15 is 0 Å². The molecule has 0 N–H and O–H groups in total. The topological polar surface area (TPSA) is 35.5 Å². The molecule has 0 spiro atoms. The zero-order chi connectivity index (χ0) is 17.6. The van der Waals surface area contributed by atoms with Gasteiger partial charge in [-0.2, -0.15) is 0 Å². The first kappa shape index (κ1) is 17.8. The normalized spacial score (nSPS) is 44.7. The van der Waals surface area contributed by atoms with Crippen molar-refractivity contribution in [1.82, 2.24) is 0 Å². The van der Waals surface area contributed by atoms with E-state index in [-0.39, 0.29) is 23.6 Å². The second-order valence-electron chi connectivity index (χ2n) is 9.23. The van der Waals surface area contributed by atoms with Crippen molar-refractivity contribution >= 4 is 5.97 Å². The molecular weight excluding hydrogens is 312 g/mol. The van der Waals surface area contributed by atoms with Gasteiger partial charge in [0.05, 0.1) is 18.1 Å². The van der Waals surface area contributed by atoms with E-state index in [1.807, 2.05) is 0 Å². The zero-order valence-electron chi connectivity index (χ0n) is 16.3. The summed E-state index contributed by atoms with van der Waals surface area (Å²) in [7, 11) is 0. The molecule has 0 aromatic rings. The van der Waals surface area contributed by atoms with E-state index in [1.165, 1.54) is 38.5 Å². The Kier molecular flexibility index (Phi) is 4.90. The second-order valence-corrected chi connectivity index (χ2v) is 9.23. The molecule has 4 aliphatic rings. The Bertz CT molecular complexity index is 496. The summed E-state index contributed by atoms with van der Waals surface area (Å²) in [4.78, 5) is 13.1. The average Bonchev–Trinajstić information content (AvgIpc) is 3.32. The molecule has 3 heteroatoms. The predicted octanol–water partition coefficient (Wildman–Crippen LogP) is 5.12. The Morgan fingerprint density at radius 2 is 1.68 bits per heavy atom. The number of ether oxygens (including phenoxy) is 2. The highest BCUT2D eigenvalue weighted by Gasteiger charge is 2.63. The van der Waals surface area contributed by atoms with Gasteiger partial charge in [0.25, 0.3) is 0 Å². The van der Waals surface area contributed by atoms with E-state index in [2.05, 4.69) is 20.8 Å². The van der Waals surface area contributed by atoms with E-state index in [0.29, 0.717) is 17.9 Å². The lowest BCUT2D eigenvalue weighted by Crippen LogP contribution is -2.43. The molecule has 2 aliphatic carbocycles. The molecule has 0 aromatic heterocycles. The van der Waals surface area contributed by atoms with E-state index < -0.39 is 0 Å². The van der Waals surface area contributed by atoms with Crippen LogP contribution in [0.3, 0.4) is 0 Å².